The molecule has 106 valence electrons. The van der Waals surface area contributed by atoms with Crippen LogP contribution in [0.25, 0.3) is 0 Å². The second kappa shape index (κ2) is 5.00. The van der Waals surface area contributed by atoms with Gasteiger partial charge in [0.1, 0.15) is 5.82 Å². The van der Waals surface area contributed by atoms with Crippen molar-refractivity contribution in [3.05, 3.63) is 35.6 Å². The lowest BCUT2D eigenvalue weighted by atomic mass is 9.73. The maximum absolute atomic E-state index is 13.2. The number of rotatable bonds is 2. The first-order valence-corrected chi connectivity index (χ1v) is 7.20. The van der Waals surface area contributed by atoms with Crippen molar-refractivity contribution in [2.45, 2.75) is 45.1 Å². The van der Waals surface area contributed by atoms with Gasteiger partial charge in [0, 0.05) is 6.42 Å². The van der Waals surface area contributed by atoms with Gasteiger partial charge in [-0.05, 0) is 30.5 Å². The van der Waals surface area contributed by atoms with E-state index in [0.717, 1.165) is 32.1 Å². The highest BCUT2D eigenvalue weighted by Gasteiger charge is 2.51. The van der Waals surface area contributed by atoms with Crippen molar-refractivity contribution in [3.8, 4) is 0 Å². The Labute approximate surface area is 117 Å². The minimum Gasteiger partial charge on any atom is -0.278 e. The second-order valence-electron chi connectivity index (χ2n) is 5.93. The first-order chi connectivity index (χ1) is 9.61. The summed E-state index contributed by atoms with van der Waals surface area (Å²) in [6.07, 6.45) is 5.16. The van der Waals surface area contributed by atoms with Crippen LogP contribution in [0.3, 0.4) is 0 Å². The van der Waals surface area contributed by atoms with E-state index >= 15 is 0 Å². The summed E-state index contributed by atoms with van der Waals surface area (Å²) in [7, 11) is 0. The third kappa shape index (κ3) is 2.23. The van der Waals surface area contributed by atoms with Crippen LogP contribution in [0.15, 0.2) is 24.3 Å². The molecule has 20 heavy (non-hydrogen) atoms. The minimum absolute atomic E-state index is 0.0496. The highest BCUT2D eigenvalue weighted by atomic mass is 19.1. The number of carbonyl (C=O) groups excluding carboxylic acids is 2. The standard InChI is InChI=1S/C16H18FNO2/c17-13-6-4-5-12(9-13)11-18-14(19)10-16(15(18)20)7-2-1-3-8-16/h4-6,9H,1-3,7-8,10-11H2. The van der Waals surface area contributed by atoms with Crippen molar-refractivity contribution in [1.29, 1.82) is 0 Å². The third-order valence-corrected chi connectivity index (χ3v) is 4.53. The number of likely N-dealkylation sites (tertiary alicyclic amines) is 1. The van der Waals surface area contributed by atoms with E-state index < -0.39 is 5.41 Å². The van der Waals surface area contributed by atoms with Crippen molar-refractivity contribution in [2.75, 3.05) is 0 Å². The van der Waals surface area contributed by atoms with Crippen molar-refractivity contribution < 1.29 is 14.0 Å². The number of benzene rings is 1. The quantitative estimate of drug-likeness (QED) is 0.778. The van der Waals surface area contributed by atoms with Gasteiger partial charge in [-0.3, -0.25) is 14.5 Å². The summed E-state index contributed by atoms with van der Waals surface area (Å²) in [4.78, 5) is 26.1. The van der Waals surface area contributed by atoms with E-state index in [0.29, 0.717) is 12.0 Å². The molecule has 1 aliphatic carbocycles. The van der Waals surface area contributed by atoms with Crippen LogP contribution in [0.1, 0.15) is 44.1 Å². The predicted molar refractivity (Wildman–Crippen MR) is 72.1 cm³/mol. The van der Waals surface area contributed by atoms with Crippen LogP contribution < -0.4 is 0 Å². The summed E-state index contributed by atoms with van der Waals surface area (Å²) in [5, 5.41) is 0. The molecule has 1 aliphatic heterocycles. The van der Waals surface area contributed by atoms with Crippen molar-refractivity contribution in [2.24, 2.45) is 5.41 Å². The summed E-state index contributed by atoms with van der Waals surface area (Å²) in [5.41, 5.74) is 0.211. The van der Waals surface area contributed by atoms with Crippen LogP contribution >= 0.6 is 0 Å². The topological polar surface area (TPSA) is 37.4 Å². The first kappa shape index (κ1) is 13.3. The Hall–Kier alpha value is -1.71. The van der Waals surface area contributed by atoms with Crippen molar-refractivity contribution in [1.82, 2.24) is 4.90 Å². The van der Waals surface area contributed by atoms with Gasteiger partial charge in [0.2, 0.25) is 11.8 Å². The fraction of sp³-hybridized carbons (Fsp3) is 0.500. The molecule has 2 aliphatic rings. The Bertz CT molecular complexity index is 549. The summed E-state index contributed by atoms with van der Waals surface area (Å²) in [5.74, 6) is -0.499. The molecule has 0 atom stereocenters. The average molecular weight is 275 g/mol. The van der Waals surface area contributed by atoms with E-state index in [1.54, 1.807) is 12.1 Å². The summed E-state index contributed by atoms with van der Waals surface area (Å²) >= 11 is 0. The van der Waals surface area contributed by atoms with E-state index in [9.17, 15) is 14.0 Å². The van der Waals surface area contributed by atoms with Gasteiger partial charge >= 0.3 is 0 Å². The van der Waals surface area contributed by atoms with Gasteiger partial charge < -0.3 is 0 Å². The van der Waals surface area contributed by atoms with Crippen molar-refractivity contribution in [3.63, 3.8) is 0 Å². The van der Waals surface area contributed by atoms with E-state index in [4.69, 9.17) is 0 Å². The van der Waals surface area contributed by atoms with Crippen LogP contribution in [0.2, 0.25) is 0 Å². The molecule has 1 saturated carbocycles. The Morgan fingerprint density at radius 1 is 1.15 bits per heavy atom. The normalized spacial score (nSPS) is 21.8. The van der Waals surface area contributed by atoms with Crippen LogP contribution in [-0.2, 0) is 16.1 Å². The molecule has 1 saturated heterocycles. The SMILES string of the molecule is O=C1CC2(CCCCC2)C(=O)N1Cc1cccc(F)c1. The predicted octanol–water partition coefficient (Wildman–Crippen LogP) is 3.04. The molecule has 1 aromatic carbocycles. The number of nitrogens with zero attached hydrogens (tertiary/aromatic N) is 1. The van der Waals surface area contributed by atoms with Crippen LogP contribution in [0, 0.1) is 11.2 Å². The molecule has 3 nitrogen and oxygen atoms in total. The Balaban J connectivity index is 1.80. The number of hydrogen-bond acceptors (Lipinski definition) is 2. The summed E-state index contributed by atoms with van der Waals surface area (Å²) in [6, 6.07) is 6.09. The second-order valence-corrected chi connectivity index (χ2v) is 5.93. The lowest BCUT2D eigenvalue weighted by Gasteiger charge is -2.30. The van der Waals surface area contributed by atoms with E-state index in [2.05, 4.69) is 0 Å². The zero-order valence-electron chi connectivity index (χ0n) is 11.4. The van der Waals surface area contributed by atoms with E-state index in [1.165, 1.54) is 17.0 Å². The fourth-order valence-electron chi connectivity index (χ4n) is 3.46. The Kier molecular flexibility index (Phi) is 3.32. The number of hydrogen-bond donors (Lipinski definition) is 0. The average Bonchev–Trinajstić information content (AvgIpc) is 2.64. The summed E-state index contributed by atoms with van der Waals surface area (Å²) < 4.78 is 13.2. The molecule has 1 spiro atoms. The van der Waals surface area contributed by atoms with Gasteiger partial charge in [-0.2, -0.15) is 0 Å². The van der Waals surface area contributed by atoms with Gasteiger partial charge in [0.15, 0.2) is 0 Å². The zero-order valence-corrected chi connectivity index (χ0v) is 11.4. The number of carbonyl (C=O) groups is 2. The molecular weight excluding hydrogens is 257 g/mol. The molecule has 2 fully saturated rings. The highest BCUT2D eigenvalue weighted by Crippen LogP contribution is 2.45. The maximum atomic E-state index is 13.2. The number of imide groups is 1. The lowest BCUT2D eigenvalue weighted by Crippen LogP contribution is -2.36. The molecule has 0 aromatic heterocycles. The molecule has 1 heterocycles. The van der Waals surface area contributed by atoms with Gasteiger partial charge in [-0.15, -0.1) is 0 Å². The first-order valence-electron chi connectivity index (χ1n) is 7.20. The monoisotopic (exact) mass is 275 g/mol. The van der Waals surface area contributed by atoms with Gasteiger partial charge in [0.25, 0.3) is 0 Å². The Morgan fingerprint density at radius 3 is 2.60 bits per heavy atom. The van der Waals surface area contributed by atoms with E-state index in [-0.39, 0.29) is 24.2 Å². The van der Waals surface area contributed by atoms with Crippen LogP contribution in [0.5, 0.6) is 0 Å². The largest absolute Gasteiger partial charge is 0.278 e. The van der Waals surface area contributed by atoms with Gasteiger partial charge in [0.05, 0.1) is 12.0 Å². The van der Waals surface area contributed by atoms with Crippen LogP contribution in [-0.4, -0.2) is 16.7 Å². The van der Waals surface area contributed by atoms with E-state index in [1.807, 2.05) is 0 Å². The summed E-state index contributed by atoms with van der Waals surface area (Å²) in [6.45, 7) is 0.192. The minimum atomic E-state index is -0.456. The highest BCUT2D eigenvalue weighted by molar-refractivity contribution is 6.05. The maximum Gasteiger partial charge on any atom is 0.236 e. The molecule has 2 amide bonds. The fourth-order valence-corrected chi connectivity index (χ4v) is 3.46. The Morgan fingerprint density at radius 2 is 1.90 bits per heavy atom. The van der Waals surface area contributed by atoms with Gasteiger partial charge in [-0.25, -0.2) is 4.39 Å². The lowest BCUT2D eigenvalue weighted by molar-refractivity contribution is -0.142. The zero-order chi connectivity index (χ0) is 14.2. The molecule has 4 heteroatoms. The smallest absolute Gasteiger partial charge is 0.236 e. The molecule has 0 radical (unpaired) electrons. The molecular formula is C16H18FNO2. The molecule has 0 unspecified atom stereocenters. The molecule has 0 N–H and O–H groups in total. The third-order valence-electron chi connectivity index (χ3n) is 4.53. The number of amides is 2. The number of halogens is 1. The molecule has 3 rings (SSSR count). The molecule has 0 bridgehead atoms. The molecule has 1 aromatic rings. The van der Waals surface area contributed by atoms with Crippen molar-refractivity contribution >= 4 is 11.8 Å². The van der Waals surface area contributed by atoms with Crippen LogP contribution in [0.4, 0.5) is 4.39 Å². The van der Waals surface area contributed by atoms with Gasteiger partial charge in [-0.1, -0.05) is 31.4 Å².